The van der Waals surface area contributed by atoms with Gasteiger partial charge in [0.25, 0.3) is 0 Å². The maximum atomic E-state index is 13.7. The summed E-state index contributed by atoms with van der Waals surface area (Å²) in [6, 6.07) is 10.5. The maximum absolute atomic E-state index is 13.7. The van der Waals surface area contributed by atoms with Crippen molar-refractivity contribution < 1.29 is 53.4 Å². The number of phenols is 1. The van der Waals surface area contributed by atoms with Crippen molar-refractivity contribution in [3.8, 4) is 11.5 Å². The first-order chi connectivity index (χ1) is 21.3. The van der Waals surface area contributed by atoms with Gasteiger partial charge in [-0.05, 0) is 74.2 Å². The molecule has 7 atom stereocenters. The van der Waals surface area contributed by atoms with Gasteiger partial charge in [-0.15, -0.1) is 0 Å². The van der Waals surface area contributed by atoms with E-state index in [1.54, 1.807) is 22.5 Å². The molecule has 45 heavy (non-hydrogen) atoms. The zero-order valence-electron chi connectivity index (χ0n) is 24.3. The molecule has 3 heterocycles. The lowest BCUT2D eigenvalue weighted by molar-refractivity contribution is -0.196. The predicted octanol–water partition coefficient (Wildman–Crippen LogP) is 0.407. The number of likely N-dealkylation sites (tertiary alicyclic amines) is 1. The Hall–Kier alpha value is -3.27. The number of nitrogens with zero attached hydrogens (tertiary/aromatic N) is 2. The number of hydrogen-bond donors (Lipinski definition) is 6. The lowest BCUT2D eigenvalue weighted by atomic mass is 9.48. The van der Waals surface area contributed by atoms with Crippen LogP contribution >= 0.6 is 0 Å². The summed E-state index contributed by atoms with van der Waals surface area (Å²) in [5.41, 5.74) is 1.15. The summed E-state index contributed by atoms with van der Waals surface area (Å²) in [6.07, 6.45) is -0.0207. The summed E-state index contributed by atoms with van der Waals surface area (Å²) in [5, 5.41) is 55.9. The van der Waals surface area contributed by atoms with Crippen LogP contribution in [0.5, 0.6) is 11.5 Å². The maximum Gasteiger partial charge on any atom is 0.335 e. The smallest absolute Gasteiger partial charge is 0.335 e. The van der Waals surface area contributed by atoms with Gasteiger partial charge in [-0.25, -0.2) is 18.0 Å². The number of phenolic OH excluding ortho intramolecular Hbond substituents is 1. The van der Waals surface area contributed by atoms with Gasteiger partial charge in [0.2, 0.25) is 10.0 Å². The Balaban J connectivity index is 0.000000284. The highest BCUT2D eigenvalue weighted by molar-refractivity contribution is 7.89. The van der Waals surface area contributed by atoms with Crippen LogP contribution in [0.3, 0.4) is 0 Å². The van der Waals surface area contributed by atoms with Crippen LogP contribution in [-0.2, 0) is 38.0 Å². The number of sulfonamides is 1. The minimum atomic E-state index is -3.66. The Morgan fingerprint density at radius 1 is 0.978 bits per heavy atom. The third-order valence-corrected chi connectivity index (χ3v) is 12.8. The zero-order chi connectivity index (χ0) is 32.1. The van der Waals surface area contributed by atoms with Gasteiger partial charge >= 0.3 is 11.9 Å². The molecule has 2 saturated carbocycles. The predicted molar refractivity (Wildman–Crippen MR) is 155 cm³/mol. The largest absolute Gasteiger partial charge is 0.504 e. The van der Waals surface area contributed by atoms with E-state index in [4.69, 9.17) is 25.2 Å². The van der Waals surface area contributed by atoms with Crippen LogP contribution in [0.4, 0.5) is 0 Å². The molecule has 6 aliphatic rings. The van der Waals surface area contributed by atoms with Crippen molar-refractivity contribution in [1.29, 1.82) is 0 Å². The molecule has 3 fully saturated rings. The van der Waals surface area contributed by atoms with Crippen molar-refractivity contribution in [3.63, 3.8) is 0 Å². The van der Waals surface area contributed by atoms with E-state index in [-0.39, 0.29) is 11.8 Å². The Bertz CT molecular complexity index is 1660. The average Bonchev–Trinajstić information content (AvgIpc) is 3.69. The fourth-order valence-corrected chi connectivity index (χ4v) is 10.4. The van der Waals surface area contributed by atoms with Crippen LogP contribution < -0.4 is 4.74 Å². The fraction of sp³-hybridized carbons (Fsp3) is 0.548. The lowest BCUT2D eigenvalue weighted by Gasteiger charge is -2.64. The first kappa shape index (κ1) is 30.4. The molecule has 6 N–H and O–H groups in total. The molecule has 8 rings (SSSR count). The van der Waals surface area contributed by atoms with Gasteiger partial charge in [0.1, 0.15) is 6.10 Å². The molecule has 2 aromatic rings. The van der Waals surface area contributed by atoms with Crippen molar-refractivity contribution >= 4 is 22.0 Å². The van der Waals surface area contributed by atoms with E-state index in [9.17, 15) is 28.2 Å². The first-order valence-corrected chi connectivity index (χ1v) is 16.6. The van der Waals surface area contributed by atoms with E-state index in [1.165, 1.54) is 12.8 Å². The van der Waals surface area contributed by atoms with Gasteiger partial charge in [0, 0.05) is 24.7 Å². The Morgan fingerprint density at radius 3 is 2.31 bits per heavy atom. The number of fused-ring (bicyclic) bond motifs is 1. The third-order valence-electron chi connectivity index (χ3n) is 10.8. The molecule has 1 saturated heterocycles. The highest BCUT2D eigenvalue weighted by Crippen LogP contribution is 2.66. The Kier molecular flexibility index (Phi) is 7.00. The van der Waals surface area contributed by atoms with Gasteiger partial charge in [-0.1, -0.05) is 24.3 Å². The van der Waals surface area contributed by atoms with Gasteiger partial charge in [0.05, 0.1) is 22.0 Å². The number of aliphatic hydroxyl groups excluding tert-OH is 2. The van der Waals surface area contributed by atoms with E-state index in [2.05, 4.69) is 4.90 Å². The zero-order valence-corrected chi connectivity index (χ0v) is 25.1. The van der Waals surface area contributed by atoms with Crippen LogP contribution in [0.15, 0.2) is 41.3 Å². The first-order valence-electron chi connectivity index (χ1n) is 15.2. The summed E-state index contributed by atoms with van der Waals surface area (Å²) in [5.74, 6) is -2.27. The molecule has 3 aliphatic heterocycles. The molecule has 0 amide bonds. The number of carboxylic acids is 2. The van der Waals surface area contributed by atoms with Crippen molar-refractivity contribution in [1.82, 2.24) is 9.21 Å². The molecular formula is C31H36N2O11S. The number of ether oxygens (including phenoxy) is 1. The number of aromatic hydroxyl groups is 1. The van der Waals surface area contributed by atoms with Crippen LogP contribution in [0, 0.1) is 5.92 Å². The highest BCUT2D eigenvalue weighted by Gasteiger charge is 2.74. The van der Waals surface area contributed by atoms with Crippen molar-refractivity contribution in [2.24, 2.45) is 5.92 Å². The molecule has 3 unspecified atom stereocenters. The summed E-state index contributed by atoms with van der Waals surface area (Å²) < 4.78 is 35.5. The average molecular weight is 645 g/mol. The summed E-state index contributed by atoms with van der Waals surface area (Å²) >= 11 is 0. The van der Waals surface area contributed by atoms with Gasteiger partial charge in [-0.3, -0.25) is 4.90 Å². The molecule has 2 aromatic carbocycles. The lowest BCUT2D eigenvalue weighted by Crippen LogP contribution is -2.78. The molecular weight excluding hydrogens is 608 g/mol. The summed E-state index contributed by atoms with van der Waals surface area (Å²) in [6.45, 7) is 2.20. The third kappa shape index (κ3) is 4.33. The topological polar surface area (TPSA) is 205 Å². The van der Waals surface area contributed by atoms with Crippen LogP contribution in [0.25, 0.3) is 0 Å². The number of piperidine rings is 1. The van der Waals surface area contributed by atoms with Crippen molar-refractivity contribution in [2.75, 3.05) is 13.1 Å². The normalized spacial score (nSPS) is 33.5. The molecule has 2 bridgehead atoms. The monoisotopic (exact) mass is 644 g/mol. The Labute approximate surface area is 259 Å². The molecule has 0 aromatic heterocycles. The number of aliphatic hydroxyl groups is 3. The van der Waals surface area contributed by atoms with Crippen molar-refractivity contribution in [2.45, 2.75) is 91.4 Å². The number of aliphatic carboxylic acids is 2. The number of carbonyl (C=O) groups is 2. The quantitative estimate of drug-likeness (QED) is 0.253. The Morgan fingerprint density at radius 2 is 1.67 bits per heavy atom. The molecule has 14 heteroatoms. The molecule has 242 valence electrons. The van der Waals surface area contributed by atoms with Gasteiger partial charge < -0.3 is 35.4 Å². The van der Waals surface area contributed by atoms with E-state index in [0.717, 1.165) is 42.1 Å². The number of hydrogen-bond acceptors (Lipinski definition) is 10. The standard InChI is InChI=1S/C27H30N2O5S.C4H6O6/c30-20-8-7-17-13-22-27(31)10-9-19(29-15-18-3-1-2-4-21(18)35(29,32)33)25-26(27,23(17)24(20)34-25)11-12-28(22)14-16-5-6-16;5-1(3(7)8)2(6)4(9)10/h1-4,7-8,16,19,22,25,30-31H,5-6,9-15H2;1-2,5-6H,(H,7,8)(H,9,10)/t19-,22-,25+,26+,27?;/m1./s1. The minimum absolute atomic E-state index is 0.0146. The summed E-state index contributed by atoms with van der Waals surface area (Å²) in [4.78, 5) is 22.4. The number of rotatable bonds is 6. The molecule has 3 aliphatic carbocycles. The van der Waals surface area contributed by atoms with Gasteiger partial charge in [-0.2, -0.15) is 4.31 Å². The van der Waals surface area contributed by atoms with Crippen molar-refractivity contribution in [3.05, 3.63) is 53.1 Å². The minimum Gasteiger partial charge on any atom is -0.504 e. The second-order valence-electron chi connectivity index (χ2n) is 13.1. The molecule has 13 nitrogen and oxygen atoms in total. The summed E-state index contributed by atoms with van der Waals surface area (Å²) in [7, 11) is -3.66. The van der Waals surface area contributed by atoms with E-state index in [1.807, 2.05) is 18.2 Å². The number of carboxylic acid groups (broad SMARTS) is 2. The van der Waals surface area contributed by atoms with Crippen LogP contribution in [-0.4, -0.2) is 109 Å². The van der Waals surface area contributed by atoms with Gasteiger partial charge in [0.15, 0.2) is 23.7 Å². The highest BCUT2D eigenvalue weighted by atomic mass is 32.2. The molecule has 1 spiro atoms. The van der Waals surface area contributed by atoms with E-state index >= 15 is 0 Å². The second-order valence-corrected chi connectivity index (χ2v) is 15.0. The fourth-order valence-electron chi connectivity index (χ4n) is 8.58. The van der Waals surface area contributed by atoms with Crippen LogP contribution in [0.1, 0.15) is 48.8 Å². The van der Waals surface area contributed by atoms with E-state index < -0.39 is 57.3 Å². The van der Waals surface area contributed by atoms with E-state index in [0.29, 0.717) is 36.5 Å². The number of benzene rings is 2. The SMILES string of the molecule is O=C(O)C(O)C(O)C(=O)O.O=S1(=O)c2ccccc2CN1[C@@H]1CCC2(O)[C@H]3Cc4ccc(O)c5c4[C@@]2(CCN3CC2CC2)[C@H]1O5. The second kappa shape index (κ2) is 10.4. The molecule has 0 radical (unpaired) electrons. The van der Waals surface area contributed by atoms with Crippen LogP contribution in [0.2, 0.25) is 0 Å².